The summed E-state index contributed by atoms with van der Waals surface area (Å²) in [7, 11) is -2.21. The average Bonchev–Trinajstić information content (AvgIpc) is 2.55. The highest BCUT2D eigenvalue weighted by atomic mass is 35.5. The Hall–Kier alpha value is -1.96. The van der Waals surface area contributed by atoms with Crippen molar-refractivity contribution in [3.8, 4) is 0 Å². The van der Waals surface area contributed by atoms with Crippen LogP contribution >= 0.6 is 11.6 Å². The molecule has 1 atom stereocenters. The zero-order valence-corrected chi connectivity index (χ0v) is 15.3. The number of primary sulfonamides is 1. The molecule has 0 aliphatic heterocycles. The lowest BCUT2D eigenvalue weighted by Crippen LogP contribution is -2.31. The third-order valence-electron chi connectivity index (χ3n) is 4.00. The van der Waals surface area contributed by atoms with E-state index in [0.29, 0.717) is 11.1 Å². The summed E-state index contributed by atoms with van der Waals surface area (Å²) in [5, 5.41) is 5.32. The van der Waals surface area contributed by atoms with Crippen LogP contribution in [0.15, 0.2) is 47.4 Å². The van der Waals surface area contributed by atoms with Gasteiger partial charge in [0.2, 0.25) is 15.9 Å². The SMILES string of the molecule is CC(c1cccc(S(N)(=O)=O)c1)N(C)C(=O)Cc1ccc(F)cc1Cl. The minimum atomic E-state index is -3.82. The molecule has 2 N–H and O–H groups in total. The van der Waals surface area contributed by atoms with E-state index in [2.05, 4.69) is 0 Å². The molecule has 0 bridgehead atoms. The molecule has 0 aliphatic carbocycles. The second-order valence-electron chi connectivity index (χ2n) is 5.71. The van der Waals surface area contributed by atoms with Crippen molar-refractivity contribution in [3.63, 3.8) is 0 Å². The number of halogens is 2. The van der Waals surface area contributed by atoms with Gasteiger partial charge in [0.05, 0.1) is 17.4 Å². The number of benzene rings is 2. The highest BCUT2D eigenvalue weighted by Gasteiger charge is 2.20. The first kappa shape index (κ1) is 19.4. The molecular weight excluding hydrogens is 367 g/mol. The van der Waals surface area contributed by atoms with Crippen LogP contribution in [0, 0.1) is 5.82 Å². The molecule has 2 rings (SSSR count). The Morgan fingerprint density at radius 1 is 1.28 bits per heavy atom. The van der Waals surface area contributed by atoms with E-state index in [1.165, 1.54) is 29.2 Å². The Balaban J connectivity index is 2.19. The molecule has 2 aromatic rings. The van der Waals surface area contributed by atoms with E-state index in [0.717, 1.165) is 6.07 Å². The molecule has 5 nitrogen and oxygen atoms in total. The van der Waals surface area contributed by atoms with Gasteiger partial charge in [-0.25, -0.2) is 17.9 Å². The Morgan fingerprint density at radius 3 is 2.56 bits per heavy atom. The maximum absolute atomic E-state index is 13.1. The number of hydrogen-bond acceptors (Lipinski definition) is 3. The van der Waals surface area contributed by atoms with Crippen molar-refractivity contribution in [2.45, 2.75) is 24.3 Å². The molecule has 0 heterocycles. The van der Waals surface area contributed by atoms with E-state index in [9.17, 15) is 17.6 Å². The van der Waals surface area contributed by atoms with Crippen LogP contribution in [0.1, 0.15) is 24.1 Å². The fourth-order valence-corrected chi connectivity index (χ4v) is 3.15. The fourth-order valence-electron chi connectivity index (χ4n) is 2.34. The number of nitrogens with zero attached hydrogens (tertiary/aromatic N) is 1. The Bertz CT molecular complexity index is 903. The van der Waals surface area contributed by atoms with Crippen molar-refractivity contribution in [2.75, 3.05) is 7.05 Å². The van der Waals surface area contributed by atoms with Gasteiger partial charge in [-0.05, 0) is 42.3 Å². The Kier molecular flexibility index (Phi) is 5.82. The molecule has 0 fully saturated rings. The molecule has 1 unspecified atom stereocenters. The summed E-state index contributed by atoms with van der Waals surface area (Å²) < 4.78 is 36.0. The van der Waals surface area contributed by atoms with Crippen molar-refractivity contribution in [3.05, 3.63) is 64.4 Å². The molecular formula is C17H18ClFN2O3S. The van der Waals surface area contributed by atoms with Crippen molar-refractivity contribution in [1.82, 2.24) is 4.90 Å². The molecule has 1 amide bonds. The van der Waals surface area contributed by atoms with Gasteiger partial charge in [-0.3, -0.25) is 4.79 Å². The van der Waals surface area contributed by atoms with Crippen molar-refractivity contribution < 1.29 is 17.6 Å². The van der Waals surface area contributed by atoms with E-state index >= 15 is 0 Å². The summed E-state index contributed by atoms with van der Waals surface area (Å²) in [5.41, 5.74) is 1.15. The predicted molar refractivity (Wildman–Crippen MR) is 94.1 cm³/mol. The Morgan fingerprint density at radius 2 is 1.96 bits per heavy atom. The topological polar surface area (TPSA) is 80.5 Å². The van der Waals surface area contributed by atoms with E-state index in [-0.39, 0.29) is 28.3 Å². The number of hydrogen-bond donors (Lipinski definition) is 1. The van der Waals surface area contributed by atoms with Gasteiger partial charge in [0.1, 0.15) is 5.82 Å². The van der Waals surface area contributed by atoms with E-state index in [4.69, 9.17) is 16.7 Å². The smallest absolute Gasteiger partial charge is 0.238 e. The van der Waals surface area contributed by atoms with Gasteiger partial charge in [-0.2, -0.15) is 0 Å². The van der Waals surface area contributed by atoms with Gasteiger partial charge in [-0.15, -0.1) is 0 Å². The minimum absolute atomic E-state index is 0.00876. The van der Waals surface area contributed by atoms with Crippen LogP contribution in [-0.2, 0) is 21.2 Å². The summed E-state index contributed by atoms with van der Waals surface area (Å²) in [6, 6.07) is 9.61. The number of carbonyl (C=O) groups excluding carboxylic acids is 1. The molecule has 0 saturated heterocycles. The summed E-state index contributed by atoms with van der Waals surface area (Å²) in [5.74, 6) is -0.704. The predicted octanol–water partition coefficient (Wildman–Crippen LogP) is 2.89. The van der Waals surface area contributed by atoms with Crippen LogP contribution in [-0.4, -0.2) is 26.3 Å². The molecule has 2 aromatic carbocycles. The van der Waals surface area contributed by atoms with Gasteiger partial charge in [0.25, 0.3) is 0 Å². The van der Waals surface area contributed by atoms with Gasteiger partial charge < -0.3 is 4.90 Å². The number of amides is 1. The lowest BCUT2D eigenvalue weighted by atomic mass is 10.1. The maximum atomic E-state index is 13.1. The monoisotopic (exact) mass is 384 g/mol. The first-order valence-corrected chi connectivity index (χ1v) is 9.34. The zero-order chi connectivity index (χ0) is 18.8. The van der Waals surface area contributed by atoms with Crippen LogP contribution in [0.2, 0.25) is 5.02 Å². The molecule has 0 spiro atoms. The summed E-state index contributed by atoms with van der Waals surface area (Å²) in [4.78, 5) is 13.9. The highest BCUT2D eigenvalue weighted by Crippen LogP contribution is 2.24. The third-order valence-corrected chi connectivity index (χ3v) is 5.26. The van der Waals surface area contributed by atoms with Crippen LogP contribution in [0.5, 0.6) is 0 Å². The molecule has 0 aromatic heterocycles. The first-order chi connectivity index (χ1) is 11.6. The lowest BCUT2D eigenvalue weighted by molar-refractivity contribution is -0.131. The lowest BCUT2D eigenvalue weighted by Gasteiger charge is -2.26. The number of likely N-dealkylation sites (N-methyl/N-ethyl adjacent to an activating group) is 1. The number of sulfonamides is 1. The standard InChI is InChI=1S/C17H18ClFN2O3S/c1-11(12-4-3-5-15(8-12)25(20,23)24)21(2)17(22)9-13-6-7-14(19)10-16(13)18/h3-8,10-11H,9H2,1-2H3,(H2,20,23,24). The van der Waals surface area contributed by atoms with E-state index in [1.807, 2.05) is 0 Å². The summed E-state index contributed by atoms with van der Waals surface area (Å²) >= 11 is 5.95. The van der Waals surface area contributed by atoms with E-state index in [1.54, 1.807) is 26.1 Å². The van der Waals surface area contributed by atoms with Gasteiger partial charge in [0.15, 0.2) is 0 Å². The van der Waals surface area contributed by atoms with Crippen molar-refractivity contribution in [2.24, 2.45) is 5.14 Å². The molecule has 25 heavy (non-hydrogen) atoms. The maximum Gasteiger partial charge on any atom is 0.238 e. The van der Waals surface area contributed by atoms with Crippen LogP contribution in [0.25, 0.3) is 0 Å². The summed E-state index contributed by atoms with van der Waals surface area (Å²) in [6.45, 7) is 1.77. The summed E-state index contributed by atoms with van der Waals surface area (Å²) in [6.07, 6.45) is 0.00876. The number of carbonyl (C=O) groups is 1. The molecule has 0 radical (unpaired) electrons. The largest absolute Gasteiger partial charge is 0.339 e. The van der Waals surface area contributed by atoms with E-state index < -0.39 is 15.8 Å². The minimum Gasteiger partial charge on any atom is -0.339 e. The molecule has 8 heteroatoms. The zero-order valence-electron chi connectivity index (χ0n) is 13.7. The van der Waals surface area contributed by atoms with Gasteiger partial charge >= 0.3 is 0 Å². The molecule has 134 valence electrons. The second-order valence-corrected chi connectivity index (χ2v) is 7.68. The molecule has 0 saturated carbocycles. The second kappa shape index (κ2) is 7.51. The number of nitrogens with two attached hydrogens (primary N) is 1. The quantitative estimate of drug-likeness (QED) is 0.860. The van der Waals surface area contributed by atoms with Crippen LogP contribution in [0.3, 0.4) is 0 Å². The van der Waals surface area contributed by atoms with Crippen molar-refractivity contribution in [1.29, 1.82) is 0 Å². The van der Waals surface area contributed by atoms with Crippen LogP contribution in [0.4, 0.5) is 4.39 Å². The van der Waals surface area contributed by atoms with Gasteiger partial charge in [0, 0.05) is 12.1 Å². The molecule has 0 aliphatic rings. The van der Waals surface area contributed by atoms with Crippen molar-refractivity contribution >= 4 is 27.5 Å². The average molecular weight is 385 g/mol. The third kappa shape index (κ3) is 4.78. The fraction of sp³-hybridized carbons (Fsp3) is 0.235. The first-order valence-electron chi connectivity index (χ1n) is 7.42. The Labute approximate surface area is 151 Å². The highest BCUT2D eigenvalue weighted by molar-refractivity contribution is 7.89. The normalized spacial score (nSPS) is 12.7. The van der Waals surface area contributed by atoms with Gasteiger partial charge in [-0.1, -0.05) is 29.8 Å². The number of rotatable bonds is 5. The van der Waals surface area contributed by atoms with Crippen LogP contribution < -0.4 is 5.14 Å².